The molecule has 1 aromatic heterocycles. The molecule has 0 saturated carbocycles. The summed E-state index contributed by atoms with van der Waals surface area (Å²) in [5, 5.41) is 13.2. The number of rotatable bonds is 7. The van der Waals surface area contributed by atoms with E-state index in [4.69, 9.17) is 4.74 Å². The van der Waals surface area contributed by atoms with Gasteiger partial charge in [0.05, 0.1) is 22.9 Å². The number of carbonyl (C=O) groups is 2. The number of hydrogen-bond acceptors (Lipinski definition) is 7. The molecule has 1 aromatic carbocycles. The van der Waals surface area contributed by atoms with Gasteiger partial charge >= 0.3 is 12.1 Å². The Hall–Kier alpha value is -3.15. The Labute approximate surface area is 191 Å². The van der Waals surface area contributed by atoms with Crippen molar-refractivity contribution in [3.05, 3.63) is 56.3 Å². The van der Waals surface area contributed by atoms with Crippen molar-refractivity contribution < 1.29 is 32.4 Å². The van der Waals surface area contributed by atoms with Gasteiger partial charge in [0, 0.05) is 31.1 Å². The fourth-order valence-electron chi connectivity index (χ4n) is 3.55. The summed E-state index contributed by atoms with van der Waals surface area (Å²) >= 11 is 1.51. The molecule has 12 heteroatoms. The predicted molar refractivity (Wildman–Crippen MR) is 115 cm³/mol. The second-order valence-corrected chi connectivity index (χ2v) is 8.69. The largest absolute Gasteiger partial charge is 0.455 e. The van der Waals surface area contributed by atoms with Gasteiger partial charge in [-0.15, -0.1) is 11.3 Å². The van der Waals surface area contributed by atoms with E-state index in [1.54, 1.807) is 11.9 Å². The monoisotopic (exact) mass is 485 g/mol. The maximum atomic E-state index is 12.9. The zero-order valence-corrected chi connectivity index (χ0v) is 18.5. The molecule has 1 amide bonds. The van der Waals surface area contributed by atoms with Crippen molar-refractivity contribution in [3.8, 4) is 0 Å². The number of anilines is 1. The Morgan fingerprint density at radius 1 is 1.27 bits per heavy atom. The van der Waals surface area contributed by atoms with Crippen molar-refractivity contribution >= 4 is 34.6 Å². The normalized spacial score (nSPS) is 14.7. The summed E-state index contributed by atoms with van der Waals surface area (Å²) < 4.78 is 43.9. The molecule has 0 aliphatic carbocycles. The summed E-state index contributed by atoms with van der Waals surface area (Å²) in [5.41, 5.74) is -1.65. The van der Waals surface area contributed by atoms with E-state index in [9.17, 15) is 32.9 Å². The van der Waals surface area contributed by atoms with Crippen molar-refractivity contribution in [3.63, 3.8) is 0 Å². The quantitative estimate of drug-likeness (QED) is 0.333. The van der Waals surface area contributed by atoms with E-state index in [1.165, 1.54) is 16.2 Å². The molecule has 3 rings (SSSR count). The molecule has 0 spiro atoms. The van der Waals surface area contributed by atoms with E-state index in [-0.39, 0.29) is 31.3 Å². The van der Waals surface area contributed by atoms with Gasteiger partial charge in [0.1, 0.15) is 5.69 Å². The van der Waals surface area contributed by atoms with Gasteiger partial charge in [0.15, 0.2) is 6.61 Å². The molecule has 2 heterocycles. The molecule has 0 N–H and O–H groups in total. The minimum Gasteiger partial charge on any atom is -0.455 e. The molecule has 1 saturated heterocycles. The number of hydrogen-bond donors (Lipinski definition) is 0. The summed E-state index contributed by atoms with van der Waals surface area (Å²) in [6, 6.07) is 6.19. The number of nitro benzene ring substituents is 1. The van der Waals surface area contributed by atoms with E-state index < -0.39 is 34.2 Å². The zero-order chi connectivity index (χ0) is 24.2. The number of piperidine rings is 1. The zero-order valence-electron chi connectivity index (χ0n) is 17.7. The van der Waals surface area contributed by atoms with Gasteiger partial charge in [-0.2, -0.15) is 13.2 Å². The standard InChI is InChI=1S/C21H22F3N3O5S/c1-25(12-16-3-2-10-33-16)19(28)13-32-20(29)14-6-8-26(9-7-14)17-5-4-15(21(22,23)24)11-18(17)27(30)31/h2-5,10-11,14H,6-9,12-13H2,1H3. The van der Waals surface area contributed by atoms with Gasteiger partial charge in [-0.25, -0.2) is 0 Å². The average molecular weight is 485 g/mol. The van der Waals surface area contributed by atoms with Crippen molar-refractivity contribution in [2.75, 3.05) is 31.6 Å². The first kappa shape index (κ1) is 24.5. The van der Waals surface area contributed by atoms with Gasteiger partial charge in [0.2, 0.25) is 0 Å². The van der Waals surface area contributed by atoms with Gasteiger partial charge in [0.25, 0.3) is 11.6 Å². The summed E-state index contributed by atoms with van der Waals surface area (Å²) in [6.45, 7) is 0.500. The van der Waals surface area contributed by atoms with Crippen LogP contribution in [0.1, 0.15) is 23.3 Å². The SMILES string of the molecule is CN(Cc1cccs1)C(=O)COC(=O)C1CCN(c2ccc(C(F)(F)F)cc2[N+](=O)[O-])CC1. The maximum absolute atomic E-state index is 12.9. The van der Waals surface area contributed by atoms with Crippen LogP contribution in [0.2, 0.25) is 0 Å². The Morgan fingerprint density at radius 2 is 1.97 bits per heavy atom. The van der Waals surface area contributed by atoms with Crippen LogP contribution in [0.3, 0.4) is 0 Å². The minimum atomic E-state index is -4.69. The molecule has 1 aliphatic heterocycles. The minimum absolute atomic E-state index is 0.0743. The first-order valence-corrected chi connectivity index (χ1v) is 11.0. The number of alkyl halides is 3. The number of likely N-dealkylation sites (N-methyl/N-ethyl adjacent to an activating group) is 1. The van der Waals surface area contributed by atoms with E-state index >= 15 is 0 Å². The lowest BCUT2D eigenvalue weighted by Gasteiger charge is -2.32. The first-order chi connectivity index (χ1) is 15.6. The van der Waals surface area contributed by atoms with Crippen LogP contribution in [0.15, 0.2) is 35.7 Å². The molecular weight excluding hydrogens is 463 g/mol. The van der Waals surface area contributed by atoms with Crippen molar-refractivity contribution in [2.45, 2.75) is 25.6 Å². The molecule has 178 valence electrons. The topological polar surface area (TPSA) is 93.0 Å². The molecule has 2 aromatic rings. The van der Waals surface area contributed by atoms with Crippen LogP contribution < -0.4 is 4.90 Å². The third-order valence-corrected chi connectivity index (χ3v) is 6.27. The van der Waals surface area contributed by atoms with Gasteiger partial charge in [-0.1, -0.05) is 6.07 Å². The van der Waals surface area contributed by atoms with Crippen LogP contribution in [0, 0.1) is 16.0 Å². The van der Waals surface area contributed by atoms with E-state index in [0.717, 1.165) is 17.0 Å². The number of esters is 1. The number of ether oxygens (including phenoxy) is 1. The second kappa shape index (κ2) is 10.2. The summed E-state index contributed by atoms with van der Waals surface area (Å²) in [5.74, 6) is -1.37. The highest BCUT2D eigenvalue weighted by Gasteiger charge is 2.35. The van der Waals surface area contributed by atoms with Gasteiger partial charge in [-0.3, -0.25) is 19.7 Å². The number of carbonyl (C=O) groups excluding carboxylic acids is 2. The van der Waals surface area contributed by atoms with Crippen LogP contribution in [-0.2, 0) is 27.0 Å². The highest BCUT2D eigenvalue weighted by molar-refractivity contribution is 7.09. The van der Waals surface area contributed by atoms with Crippen LogP contribution >= 0.6 is 11.3 Å². The Morgan fingerprint density at radius 3 is 2.55 bits per heavy atom. The summed E-state index contributed by atoms with van der Waals surface area (Å²) in [7, 11) is 1.62. The molecule has 0 bridgehead atoms. The Kier molecular flexibility index (Phi) is 7.57. The molecule has 1 fully saturated rings. The van der Waals surface area contributed by atoms with Crippen LogP contribution in [-0.4, -0.2) is 48.4 Å². The smallest absolute Gasteiger partial charge is 0.416 e. The summed E-state index contributed by atoms with van der Waals surface area (Å²) in [6.07, 6.45) is -4.08. The number of nitrogens with zero attached hydrogens (tertiary/aromatic N) is 3. The second-order valence-electron chi connectivity index (χ2n) is 7.66. The van der Waals surface area contributed by atoms with E-state index in [2.05, 4.69) is 0 Å². The molecule has 8 nitrogen and oxygen atoms in total. The van der Waals surface area contributed by atoms with Crippen molar-refractivity contribution in [1.82, 2.24) is 4.90 Å². The molecule has 0 unspecified atom stereocenters. The first-order valence-electron chi connectivity index (χ1n) is 10.1. The fraction of sp³-hybridized carbons (Fsp3) is 0.429. The number of benzene rings is 1. The molecular formula is C21H22F3N3O5S. The van der Waals surface area contributed by atoms with Crippen molar-refractivity contribution in [1.29, 1.82) is 0 Å². The molecule has 0 atom stereocenters. The van der Waals surface area contributed by atoms with Crippen molar-refractivity contribution in [2.24, 2.45) is 5.92 Å². The van der Waals surface area contributed by atoms with Crippen LogP contribution in [0.4, 0.5) is 24.5 Å². The summed E-state index contributed by atoms with van der Waals surface area (Å²) in [4.78, 5) is 39.1. The van der Waals surface area contributed by atoms with Crippen LogP contribution in [0.5, 0.6) is 0 Å². The number of thiophene rings is 1. The van der Waals surface area contributed by atoms with Gasteiger partial charge in [-0.05, 0) is 36.4 Å². The number of amides is 1. The lowest BCUT2D eigenvalue weighted by atomic mass is 9.96. The highest BCUT2D eigenvalue weighted by atomic mass is 32.1. The molecule has 1 aliphatic rings. The third-order valence-electron chi connectivity index (χ3n) is 5.41. The fourth-order valence-corrected chi connectivity index (χ4v) is 4.31. The lowest BCUT2D eigenvalue weighted by molar-refractivity contribution is -0.384. The molecule has 0 radical (unpaired) electrons. The van der Waals surface area contributed by atoms with E-state index in [1.807, 2.05) is 17.5 Å². The third kappa shape index (κ3) is 6.21. The Balaban J connectivity index is 1.53. The highest BCUT2D eigenvalue weighted by Crippen LogP contribution is 2.37. The number of nitro groups is 1. The van der Waals surface area contributed by atoms with Gasteiger partial charge < -0.3 is 14.5 Å². The predicted octanol–water partition coefficient (Wildman–Crippen LogP) is 4.09. The average Bonchev–Trinajstić information content (AvgIpc) is 3.29. The van der Waals surface area contributed by atoms with E-state index in [0.29, 0.717) is 25.5 Å². The lowest BCUT2D eigenvalue weighted by Crippen LogP contribution is -2.38. The van der Waals surface area contributed by atoms with Crippen LogP contribution in [0.25, 0.3) is 0 Å². The molecule has 33 heavy (non-hydrogen) atoms. The number of halogens is 3. The maximum Gasteiger partial charge on any atom is 0.416 e. The Bertz CT molecular complexity index is 1010.